The van der Waals surface area contributed by atoms with Crippen LogP contribution in [-0.2, 0) is 9.59 Å². The lowest BCUT2D eigenvalue weighted by atomic mass is 9.88. The summed E-state index contributed by atoms with van der Waals surface area (Å²) in [6, 6.07) is 0. The van der Waals surface area contributed by atoms with Crippen LogP contribution in [0.15, 0.2) is 12.2 Å². The first-order valence-electron chi connectivity index (χ1n) is 9.74. The molecule has 1 saturated carbocycles. The topological polar surface area (TPSA) is 94.8 Å². The zero-order valence-corrected chi connectivity index (χ0v) is 15.4. The van der Waals surface area contributed by atoms with Crippen molar-refractivity contribution in [3.05, 3.63) is 12.2 Å². The summed E-state index contributed by atoms with van der Waals surface area (Å²) in [7, 11) is 0. The number of aliphatic hydroxyl groups is 2. The summed E-state index contributed by atoms with van der Waals surface area (Å²) in [6.07, 6.45) is 10.7. The zero-order chi connectivity index (χ0) is 18.7. The predicted molar refractivity (Wildman–Crippen MR) is 97.2 cm³/mol. The van der Waals surface area contributed by atoms with Gasteiger partial charge in [0.05, 0.1) is 12.2 Å². The highest BCUT2D eigenvalue weighted by Crippen LogP contribution is 2.34. The van der Waals surface area contributed by atoms with E-state index in [0.29, 0.717) is 6.42 Å². The summed E-state index contributed by atoms with van der Waals surface area (Å²) >= 11 is 0. The molecular weight excluding hydrogens is 320 g/mol. The molecule has 1 unspecified atom stereocenters. The summed E-state index contributed by atoms with van der Waals surface area (Å²) in [5, 5.41) is 28.7. The number of rotatable bonds is 13. The first kappa shape index (κ1) is 21.8. The summed E-state index contributed by atoms with van der Waals surface area (Å²) in [4.78, 5) is 22.6. The van der Waals surface area contributed by atoms with Crippen molar-refractivity contribution in [1.29, 1.82) is 0 Å². The summed E-state index contributed by atoms with van der Waals surface area (Å²) in [6.45, 7) is 2.12. The van der Waals surface area contributed by atoms with Gasteiger partial charge >= 0.3 is 5.97 Å². The van der Waals surface area contributed by atoms with E-state index in [1.165, 1.54) is 0 Å². The molecule has 4 atom stereocenters. The van der Waals surface area contributed by atoms with Gasteiger partial charge in [0.25, 0.3) is 0 Å². The molecule has 0 saturated heterocycles. The minimum atomic E-state index is -0.767. The lowest BCUT2D eigenvalue weighted by Gasteiger charge is -2.18. The second-order valence-electron chi connectivity index (χ2n) is 7.22. The standard InChI is InChI=1S/C20H34O5/c1-2-3-6-9-15(21)12-13-17-16(18(22)14-19(17)23)10-7-4-5-8-11-20(24)25/h12-13,15-17,19,21,23H,2-11,14H2,1H3,(H,24,25)/b13-12+/t15-,16-,17?,19+/m0/s1. The van der Waals surface area contributed by atoms with Crippen molar-refractivity contribution < 1.29 is 24.9 Å². The largest absolute Gasteiger partial charge is 0.481 e. The maximum absolute atomic E-state index is 12.1. The molecule has 0 aromatic carbocycles. The van der Waals surface area contributed by atoms with E-state index < -0.39 is 18.2 Å². The average molecular weight is 354 g/mol. The Balaban J connectivity index is 2.39. The molecule has 1 rings (SSSR count). The molecule has 0 aromatic heterocycles. The highest BCUT2D eigenvalue weighted by molar-refractivity contribution is 5.84. The Hall–Kier alpha value is -1.20. The first-order valence-corrected chi connectivity index (χ1v) is 9.74. The Morgan fingerprint density at radius 1 is 1.20 bits per heavy atom. The van der Waals surface area contributed by atoms with Crippen molar-refractivity contribution in [3.63, 3.8) is 0 Å². The van der Waals surface area contributed by atoms with Crippen LogP contribution in [0.1, 0.15) is 77.6 Å². The van der Waals surface area contributed by atoms with Crippen LogP contribution in [0, 0.1) is 11.8 Å². The number of hydrogen-bond acceptors (Lipinski definition) is 4. The number of Topliss-reactive ketones (excluding diaryl/α,β-unsaturated/α-hetero) is 1. The van der Waals surface area contributed by atoms with E-state index >= 15 is 0 Å². The fourth-order valence-electron chi connectivity index (χ4n) is 3.54. The van der Waals surface area contributed by atoms with Crippen molar-refractivity contribution in [1.82, 2.24) is 0 Å². The number of carboxylic acid groups (broad SMARTS) is 1. The molecule has 0 radical (unpaired) electrons. The molecular formula is C20H34O5. The molecule has 1 fully saturated rings. The monoisotopic (exact) mass is 354 g/mol. The smallest absolute Gasteiger partial charge is 0.303 e. The van der Waals surface area contributed by atoms with Gasteiger partial charge < -0.3 is 15.3 Å². The maximum atomic E-state index is 12.1. The third-order valence-electron chi connectivity index (χ3n) is 5.05. The van der Waals surface area contributed by atoms with E-state index in [1.54, 1.807) is 6.08 Å². The van der Waals surface area contributed by atoms with Crippen LogP contribution in [0.3, 0.4) is 0 Å². The molecule has 0 aliphatic heterocycles. The minimum Gasteiger partial charge on any atom is -0.481 e. The van der Waals surface area contributed by atoms with Crippen LogP contribution in [0.25, 0.3) is 0 Å². The second-order valence-corrected chi connectivity index (χ2v) is 7.22. The van der Waals surface area contributed by atoms with Crippen molar-refractivity contribution in [3.8, 4) is 0 Å². The van der Waals surface area contributed by atoms with Crippen LogP contribution >= 0.6 is 0 Å². The first-order chi connectivity index (χ1) is 12.0. The lowest BCUT2D eigenvalue weighted by molar-refractivity contribution is -0.137. The van der Waals surface area contributed by atoms with Crippen molar-refractivity contribution in [2.24, 2.45) is 11.8 Å². The van der Waals surface area contributed by atoms with Crippen molar-refractivity contribution in [2.75, 3.05) is 0 Å². The fraction of sp³-hybridized carbons (Fsp3) is 0.800. The zero-order valence-electron chi connectivity index (χ0n) is 15.4. The summed E-state index contributed by atoms with van der Waals surface area (Å²) in [5.41, 5.74) is 0. The molecule has 0 amide bonds. The van der Waals surface area contributed by atoms with Gasteiger partial charge in [0, 0.05) is 24.7 Å². The van der Waals surface area contributed by atoms with E-state index in [4.69, 9.17) is 5.11 Å². The number of unbranched alkanes of at least 4 members (excludes halogenated alkanes) is 5. The molecule has 1 aliphatic rings. The number of carboxylic acids is 1. The Morgan fingerprint density at radius 3 is 2.60 bits per heavy atom. The van der Waals surface area contributed by atoms with Gasteiger partial charge in [0.15, 0.2) is 0 Å². The van der Waals surface area contributed by atoms with Gasteiger partial charge in [-0.1, -0.05) is 57.6 Å². The van der Waals surface area contributed by atoms with Crippen LogP contribution in [-0.4, -0.2) is 39.3 Å². The van der Waals surface area contributed by atoms with E-state index in [2.05, 4.69) is 6.92 Å². The highest BCUT2D eigenvalue weighted by Gasteiger charge is 2.39. The minimum absolute atomic E-state index is 0.105. The normalized spacial score (nSPS) is 24.9. The van der Waals surface area contributed by atoms with Gasteiger partial charge in [-0.25, -0.2) is 0 Å². The molecule has 25 heavy (non-hydrogen) atoms. The molecule has 1 aliphatic carbocycles. The van der Waals surface area contributed by atoms with Crippen LogP contribution in [0.5, 0.6) is 0 Å². The summed E-state index contributed by atoms with van der Waals surface area (Å²) < 4.78 is 0. The SMILES string of the molecule is CCCCC[C@H](O)/C=C/C1[C@H](O)CC(=O)[C@H]1CCCCCCC(=O)O. The molecule has 144 valence electrons. The Bertz CT molecular complexity index is 432. The third-order valence-corrected chi connectivity index (χ3v) is 5.05. The number of aliphatic hydroxyl groups excluding tert-OH is 2. The predicted octanol–water partition coefficient (Wildman–Crippen LogP) is 3.48. The van der Waals surface area contributed by atoms with Gasteiger partial charge in [-0.05, 0) is 19.3 Å². The summed E-state index contributed by atoms with van der Waals surface area (Å²) in [5.74, 6) is -1.04. The van der Waals surface area contributed by atoms with Crippen LogP contribution < -0.4 is 0 Å². The average Bonchev–Trinajstić information content (AvgIpc) is 2.82. The van der Waals surface area contributed by atoms with E-state index in [-0.39, 0.29) is 30.5 Å². The van der Waals surface area contributed by atoms with Crippen molar-refractivity contribution in [2.45, 2.75) is 89.8 Å². The molecule has 0 bridgehead atoms. The Labute approximate surface area is 151 Å². The molecule has 5 nitrogen and oxygen atoms in total. The highest BCUT2D eigenvalue weighted by atomic mass is 16.4. The molecule has 0 spiro atoms. The van der Waals surface area contributed by atoms with Gasteiger partial charge in [-0.2, -0.15) is 0 Å². The quantitative estimate of drug-likeness (QED) is 0.348. The van der Waals surface area contributed by atoms with Crippen molar-refractivity contribution >= 4 is 11.8 Å². The maximum Gasteiger partial charge on any atom is 0.303 e. The number of carbonyl (C=O) groups is 2. The fourth-order valence-corrected chi connectivity index (χ4v) is 3.54. The van der Waals surface area contributed by atoms with Crippen LogP contribution in [0.2, 0.25) is 0 Å². The third kappa shape index (κ3) is 8.63. The Morgan fingerprint density at radius 2 is 1.92 bits per heavy atom. The second kappa shape index (κ2) is 12.2. The van der Waals surface area contributed by atoms with E-state index in [0.717, 1.165) is 51.4 Å². The van der Waals surface area contributed by atoms with E-state index in [1.807, 2.05) is 6.08 Å². The number of ketones is 1. The molecule has 3 N–H and O–H groups in total. The van der Waals surface area contributed by atoms with E-state index in [9.17, 15) is 19.8 Å². The van der Waals surface area contributed by atoms with Crippen LogP contribution in [0.4, 0.5) is 0 Å². The number of aliphatic carboxylic acids is 1. The molecule has 0 aromatic rings. The number of hydrogen-bond donors (Lipinski definition) is 3. The van der Waals surface area contributed by atoms with Gasteiger partial charge in [-0.15, -0.1) is 0 Å². The lowest BCUT2D eigenvalue weighted by Crippen LogP contribution is -2.19. The van der Waals surface area contributed by atoms with Gasteiger partial charge in [0.2, 0.25) is 0 Å². The Kier molecular flexibility index (Phi) is 10.7. The number of carbonyl (C=O) groups excluding carboxylic acids is 1. The van der Waals surface area contributed by atoms with Gasteiger partial charge in [0.1, 0.15) is 5.78 Å². The molecule has 0 heterocycles. The molecule has 5 heteroatoms. The van der Waals surface area contributed by atoms with Gasteiger partial charge in [-0.3, -0.25) is 9.59 Å².